The van der Waals surface area contributed by atoms with Crippen molar-refractivity contribution in [1.82, 2.24) is 0 Å². The number of hydrogen-bond acceptors (Lipinski definition) is 1. The fourth-order valence-corrected chi connectivity index (χ4v) is 2.85. The van der Waals surface area contributed by atoms with Gasteiger partial charge in [-0.05, 0) is 60.1 Å². The second-order valence-corrected chi connectivity index (χ2v) is 5.19. The highest BCUT2D eigenvalue weighted by atomic mass is 19.1. The number of fused-ring (bicyclic) bond motifs is 1. The van der Waals surface area contributed by atoms with Crippen LogP contribution in [0.2, 0.25) is 0 Å². The highest BCUT2D eigenvalue weighted by Gasteiger charge is 2.15. The van der Waals surface area contributed by atoms with Gasteiger partial charge in [-0.2, -0.15) is 0 Å². The van der Waals surface area contributed by atoms with Crippen LogP contribution in [0.15, 0.2) is 36.4 Å². The number of benzene rings is 2. The van der Waals surface area contributed by atoms with Crippen LogP contribution in [0.1, 0.15) is 34.3 Å². The minimum Gasteiger partial charge on any atom is -0.478 e. The molecule has 0 bridgehead atoms. The Morgan fingerprint density at radius 1 is 1.00 bits per heavy atom. The van der Waals surface area contributed by atoms with Crippen molar-refractivity contribution in [3.05, 3.63) is 58.9 Å². The van der Waals surface area contributed by atoms with E-state index in [0.29, 0.717) is 5.56 Å². The SMILES string of the molecule is O=C(O)c1cc(F)ccc1-c1ccc2c(c1)CCCC2. The van der Waals surface area contributed by atoms with Gasteiger partial charge in [0, 0.05) is 0 Å². The summed E-state index contributed by atoms with van der Waals surface area (Å²) >= 11 is 0. The molecule has 0 radical (unpaired) electrons. The summed E-state index contributed by atoms with van der Waals surface area (Å²) in [5.41, 5.74) is 4.07. The molecule has 0 unspecified atom stereocenters. The maximum atomic E-state index is 13.2. The zero-order chi connectivity index (χ0) is 14.1. The Kier molecular flexibility index (Phi) is 3.26. The summed E-state index contributed by atoms with van der Waals surface area (Å²) in [5, 5.41) is 9.22. The molecule has 0 aromatic heterocycles. The van der Waals surface area contributed by atoms with Crippen molar-refractivity contribution in [1.29, 1.82) is 0 Å². The number of rotatable bonds is 2. The largest absolute Gasteiger partial charge is 0.478 e. The van der Waals surface area contributed by atoms with E-state index in [1.807, 2.05) is 12.1 Å². The van der Waals surface area contributed by atoms with Crippen molar-refractivity contribution in [2.45, 2.75) is 25.7 Å². The first-order valence-corrected chi connectivity index (χ1v) is 6.80. The van der Waals surface area contributed by atoms with Gasteiger partial charge in [0.15, 0.2) is 0 Å². The lowest BCUT2D eigenvalue weighted by Crippen LogP contribution is -2.04. The first-order valence-electron chi connectivity index (χ1n) is 6.80. The Morgan fingerprint density at radius 2 is 1.75 bits per heavy atom. The summed E-state index contributed by atoms with van der Waals surface area (Å²) in [6, 6.07) is 9.98. The maximum absolute atomic E-state index is 13.2. The topological polar surface area (TPSA) is 37.3 Å². The third-order valence-electron chi connectivity index (χ3n) is 3.87. The van der Waals surface area contributed by atoms with Gasteiger partial charge in [-0.25, -0.2) is 9.18 Å². The van der Waals surface area contributed by atoms with Crippen LogP contribution < -0.4 is 0 Å². The average Bonchev–Trinajstić information content (AvgIpc) is 2.46. The Labute approximate surface area is 116 Å². The lowest BCUT2D eigenvalue weighted by molar-refractivity contribution is 0.0697. The summed E-state index contributed by atoms with van der Waals surface area (Å²) in [6.07, 6.45) is 4.51. The van der Waals surface area contributed by atoms with Crippen LogP contribution in [0.4, 0.5) is 4.39 Å². The van der Waals surface area contributed by atoms with Crippen LogP contribution in [0.25, 0.3) is 11.1 Å². The summed E-state index contributed by atoms with van der Waals surface area (Å²) < 4.78 is 13.2. The molecule has 1 N–H and O–H groups in total. The minimum absolute atomic E-state index is 0.0146. The van der Waals surface area contributed by atoms with E-state index < -0.39 is 11.8 Å². The third-order valence-corrected chi connectivity index (χ3v) is 3.87. The minimum atomic E-state index is -1.10. The van der Waals surface area contributed by atoms with Crippen LogP contribution >= 0.6 is 0 Å². The molecule has 0 saturated carbocycles. The highest BCUT2D eigenvalue weighted by molar-refractivity contribution is 5.96. The van der Waals surface area contributed by atoms with Crippen molar-refractivity contribution < 1.29 is 14.3 Å². The molecule has 2 aromatic carbocycles. The molecular formula is C17H15FO2. The van der Waals surface area contributed by atoms with E-state index in [4.69, 9.17) is 0 Å². The van der Waals surface area contributed by atoms with Crippen LogP contribution in [0.3, 0.4) is 0 Å². The molecule has 0 atom stereocenters. The molecular weight excluding hydrogens is 255 g/mol. The molecule has 102 valence electrons. The Bertz CT molecular complexity index is 677. The van der Waals surface area contributed by atoms with Gasteiger partial charge < -0.3 is 5.11 Å². The molecule has 0 saturated heterocycles. The second kappa shape index (κ2) is 5.08. The lowest BCUT2D eigenvalue weighted by atomic mass is 9.88. The van der Waals surface area contributed by atoms with E-state index in [0.717, 1.165) is 24.5 Å². The first-order chi connectivity index (χ1) is 9.65. The number of aromatic carboxylic acids is 1. The number of halogens is 1. The molecule has 1 aliphatic rings. The molecule has 0 amide bonds. The number of carboxylic acids is 1. The number of hydrogen-bond donors (Lipinski definition) is 1. The normalized spacial score (nSPS) is 13.8. The van der Waals surface area contributed by atoms with Crippen LogP contribution in [0, 0.1) is 5.82 Å². The zero-order valence-corrected chi connectivity index (χ0v) is 11.0. The van der Waals surface area contributed by atoms with Gasteiger partial charge in [0.1, 0.15) is 5.82 Å². The zero-order valence-electron chi connectivity index (χ0n) is 11.0. The average molecular weight is 270 g/mol. The van der Waals surface area contributed by atoms with Crippen molar-refractivity contribution in [2.75, 3.05) is 0 Å². The summed E-state index contributed by atoms with van der Waals surface area (Å²) in [7, 11) is 0. The van der Waals surface area contributed by atoms with Crippen LogP contribution in [-0.4, -0.2) is 11.1 Å². The molecule has 3 rings (SSSR count). The summed E-state index contributed by atoms with van der Waals surface area (Å²) in [5.74, 6) is -1.62. The molecule has 2 aromatic rings. The number of aryl methyl sites for hydroxylation is 2. The number of carbonyl (C=O) groups is 1. The molecule has 0 aliphatic heterocycles. The fourth-order valence-electron chi connectivity index (χ4n) is 2.85. The van der Waals surface area contributed by atoms with E-state index in [2.05, 4.69) is 6.07 Å². The molecule has 3 heteroatoms. The van der Waals surface area contributed by atoms with Gasteiger partial charge in [-0.15, -0.1) is 0 Å². The van der Waals surface area contributed by atoms with E-state index in [9.17, 15) is 14.3 Å². The van der Waals surface area contributed by atoms with Gasteiger partial charge in [0.2, 0.25) is 0 Å². The van der Waals surface area contributed by atoms with Gasteiger partial charge in [-0.3, -0.25) is 0 Å². The molecule has 20 heavy (non-hydrogen) atoms. The summed E-state index contributed by atoms with van der Waals surface area (Å²) in [4.78, 5) is 11.3. The van der Waals surface area contributed by atoms with Crippen molar-refractivity contribution in [2.24, 2.45) is 0 Å². The molecule has 0 heterocycles. The van der Waals surface area contributed by atoms with Gasteiger partial charge >= 0.3 is 5.97 Å². The van der Waals surface area contributed by atoms with E-state index in [1.54, 1.807) is 6.07 Å². The lowest BCUT2D eigenvalue weighted by Gasteiger charge is -2.17. The van der Waals surface area contributed by atoms with Crippen LogP contribution in [-0.2, 0) is 12.8 Å². The van der Waals surface area contributed by atoms with E-state index in [1.165, 1.54) is 30.0 Å². The quantitative estimate of drug-likeness (QED) is 0.893. The maximum Gasteiger partial charge on any atom is 0.336 e. The standard InChI is InChI=1S/C17H15FO2/c18-14-7-8-15(16(10-14)17(19)20)13-6-5-11-3-1-2-4-12(11)9-13/h5-10H,1-4H2,(H,19,20). The highest BCUT2D eigenvalue weighted by Crippen LogP contribution is 2.29. The Balaban J connectivity index is 2.11. The number of carboxylic acid groups (broad SMARTS) is 1. The van der Waals surface area contributed by atoms with Crippen molar-refractivity contribution in [3.8, 4) is 11.1 Å². The Morgan fingerprint density at radius 3 is 2.50 bits per heavy atom. The summed E-state index contributed by atoms with van der Waals surface area (Å²) in [6.45, 7) is 0. The van der Waals surface area contributed by atoms with E-state index >= 15 is 0 Å². The molecule has 1 aliphatic carbocycles. The predicted octanol–water partition coefficient (Wildman–Crippen LogP) is 4.07. The van der Waals surface area contributed by atoms with Gasteiger partial charge in [0.25, 0.3) is 0 Å². The Hall–Kier alpha value is -2.16. The molecule has 0 spiro atoms. The monoisotopic (exact) mass is 270 g/mol. The van der Waals surface area contributed by atoms with E-state index in [-0.39, 0.29) is 5.56 Å². The second-order valence-electron chi connectivity index (χ2n) is 5.19. The van der Waals surface area contributed by atoms with Crippen molar-refractivity contribution in [3.63, 3.8) is 0 Å². The van der Waals surface area contributed by atoms with Crippen molar-refractivity contribution >= 4 is 5.97 Å². The van der Waals surface area contributed by atoms with Crippen LogP contribution in [0.5, 0.6) is 0 Å². The smallest absolute Gasteiger partial charge is 0.336 e. The third kappa shape index (κ3) is 2.31. The van der Waals surface area contributed by atoms with Gasteiger partial charge in [0.05, 0.1) is 5.56 Å². The predicted molar refractivity (Wildman–Crippen MR) is 75.4 cm³/mol. The molecule has 0 fully saturated rings. The van der Waals surface area contributed by atoms with Gasteiger partial charge in [-0.1, -0.05) is 24.3 Å². The fraction of sp³-hybridized carbons (Fsp3) is 0.235. The first kappa shape index (κ1) is 12.9. The molecule has 2 nitrogen and oxygen atoms in total.